The van der Waals surface area contributed by atoms with Crippen molar-refractivity contribution in [2.75, 3.05) is 6.61 Å². The van der Waals surface area contributed by atoms with Crippen LogP contribution in [-0.2, 0) is 33.3 Å². The molecule has 188 valence electrons. The molecule has 3 heterocycles. The van der Waals surface area contributed by atoms with Gasteiger partial charge in [0.25, 0.3) is 0 Å². The highest BCUT2D eigenvalue weighted by Gasteiger charge is 2.47. The molecule has 0 aliphatic carbocycles. The summed E-state index contributed by atoms with van der Waals surface area (Å²) in [5.41, 5.74) is 0.745. The van der Waals surface area contributed by atoms with Crippen LogP contribution in [0.4, 0.5) is 0 Å². The Morgan fingerprint density at radius 2 is 1.53 bits per heavy atom. The molecule has 0 spiro atoms. The molecule has 12 heteroatoms. The summed E-state index contributed by atoms with van der Waals surface area (Å²) in [5.74, 6) is -1.25. The average molecular weight is 513 g/mol. The second-order valence-electron chi connectivity index (χ2n) is 7.83. The van der Waals surface area contributed by atoms with Crippen LogP contribution in [0.25, 0.3) is 17.1 Å². The number of nitrogens with zero attached hydrogens (tertiary/aromatic N) is 4. The first-order valence-electron chi connectivity index (χ1n) is 11.0. The first-order chi connectivity index (χ1) is 17.3. The van der Waals surface area contributed by atoms with E-state index in [0.29, 0.717) is 11.0 Å². The van der Waals surface area contributed by atoms with Crippen LogP contribution in [0.1, 0.15) is 20.8 Å². The van der Waals surface area contributed by atoms with Gasteiger partial charge in [-0.2, -0.15) is 0 Å². The molecule has 0 bridgehead atoms. The summed E-state index contributed by atoms with van der Waals surface area (Å²) >= 11 is 1.15. The lowest BCUT2D eigenvalue weighted by atomic mass is 10.1. The number of carbonyl (C=O) groups excluding carboxylic acids is 3. The van der Waals surface area contributed by atoms with Crippen molar-refractivity contribution in [3.63, 3.8) is 0 Å². The molecule has 36 heavy (non-hydrogen) atoms. The van der Waals surface area contributed by atoms with Crippen LogP contribution in [-0.4, -0.2) is 68.0 Å². The van der Waals surface area contributed by atoms with Crippen molar-refractivity contribution in [3.05, 3.63) is 54.9 Å². The Balaban J connectivity index is 1.72. The number of rotatable bonds is 7. The van der Waals surface area contributed by atoms with Crippen molar-refractivity contribution in [2.45, 2.75) is 49.7 Å². The first kappa shape index (κ1) is 25.3. The molecule has 1 fully saturated rings. The van der Waals surface area contributed by atoms with Crippen molar-refractivity contribution in [2.24, 2.45) is 0 Å². The topological polar surface area (TPSA) is 132 Å². The minimum absolute atomic E-state index is 0.0797. The Hall–Kier alpha value is -3.77. The van der Waals surface area contributed by atoms with E-state index in [9.17, 15) is 14.4 Å². The van der Waals surface area contributed by atoms with Gasteiger partial charge in [0.05, 0.1) is 6.61 Å². The van der Waals surface area contributed by atoms with Crippen molar-refractivity contribution in [1.29, 1.82) is 0 Å². The molecule has 3 aromatic rings. The molecule has 0 amide bonds. The van der Waals surface area contributed by atoms with E-state index in [1.807, 2.05) is 47.0 Å². The van der Waals surface area contributed by atoms with E-state index in [2.05, 4.69) is 15.2 Å². The maximum absolute atomic E-state index is 12.0. The van der Waals surface area contributed by atoms with Gasteiger partial charge in [-0.25, -0.2) is 0 Å². The number of hydrogen-bond acceptors (Lipinski definition) is 11. The summed E-state index contributed by atoms with van der Waals surface area (Å²) < 4.78 is 24.0. The van der Waals surface area contributed by atoms with Crippen LogP contribution in [0.15, 0.2) is 60.0 Å². The quantitative estimate of drug-likeness (QED) is 0.342. The number of esters is 3. The van der Waals surface area contributed by atoms with E-state index in [4.69, 9.17) is 18.9 Å². The molecular formula is C24H24N4O7S. The summed E-state index contributed by atoms with van der Waals surface area (Å²) in [6.45, 7) is 3.61. The van der Waals surface area contributed by atoms with Gasteiger partial charge >= 0.3 is 17.9 Å². The zero-order valence-electron chi connectivity index (χ0n) is 19.8. The Bertz CT molecular complexity index is 1220. The minimum Gasteiger partial charge on any atom is -0.456 e. The lowest BCUT2D eigenvalue weighted by molar-refractivity contribution is -0.213. The number of benzene rings is 1. The molecule has 1 saturated heterocycles. The zero-order chi connectivity index (χ0) is 25.7. The number of para-hydroxylation sites is 1. The number of thioether (sulfide) groups is 1. The lowest BCUT2D eigenvalue weighted by Gasteiger charge is -2.39. The maximum atomic E-state index is 12.0. The van der Waals surface area contributed by atoms with Crippen molar-refractivity contribution in [1.82, 2.24) is 19.7 Å². The fourth-order valence-electron chi connectivity index (χ4n) is 3.76. The van der Waals surface area contributed by atoms with Crippen LogP contribution in [0.5, 0.6) is 0 Å². The summed E-state index contributed by atoms with van der Waals surface area (Å²) in [6, 6.07) is 13.1. The molecule has 1 aliphatic rings. The van der Waals surface area contributed by atoms with Crippen LogP contribution in [0.3, 0.4) is 0 Å². The zero-order valence-corrected chi connectivity index (χ0v) is 20.6. The first-order valence-corrected chi connectivity index (χ1v) is 11.9. The molecule has 1 aliphatic heterocycles. The van der Waals surface area contributed by atoms with Crippen molar-refractivity contribution >= 4 is 29.7 Å². The smallest absolute Gasteiger partial charge is 0.303 e. The third-order valence-corrected chi connectivity index (χ3v) is 6.22. The van der Waals surface area contributed by atoms with Crippen molar-refractivity contribution < 1.29 is 33.3 Å². The predicted molar refractivity (Wildman–Crippen MR) is 127 cm³/mol. The second-order valence-corrected chi connectivity index (χ2v) is 8.89. The van der Waals surface area contributed by atoms with E-state index in [-0.39, 0.29) is 6.61 Å². The van der Waals surface area contributed by atoms with Crippen LogP contribution >= 0.6 is 11.8 Å². The van der Waals surface area contributed by atoms with Gasteiger partial charge in [0.2, 0.25) is 0 Å². The number of carbonyl (C=O) groups is 3. The molecule has 0 saturated carbocycles. The molecule has 2 aromatic heterocycles. The third-order valence-electron chi connectivity index (χ3n) is 5.11. The van der Waals surface area contributed by atoms with Gasteiger partial charge in [0.15, 0.2) is 34.7 Å². The molecular weight excluding hydrogens is 488 g/mol. The Kier molecular flexibility index (Phi) is 7.96. The standard InChI is InChI=1S/C24H24N4O7S/c1-14(29)33-19-13-32-23(21(35-16(3)31)20(19)34-15(2)30)36-24-27-26-22(17-9-11-25-12-10-17)28(24)18-7-5-4-6-8-18/h4-12,19-21,23H,13H2,1-3H3/t19-,20+,21-,23+/m1/s1. The SMILES string of the molecule is CC(=O)O[C@@H]1[C@@H](OC(C)=O)[C@H](Sc2nnc(-c3ccncc3)n2-c2ccccc2)OC[C@H]1OC(C)=O. The predicted octanol–water partition coefficient (Wildman–Crippen LogP) is 2.57. The summed E-state index contributed by atoms with van der Waals surface area (Å²) in [5, 5.41) is 9.20. The Morgan fingerprint density at radius 3 is 2.17 bits per heavy atom. The molecule has 4 atom stereocenters. The number of pyridine rings is 1. The summed E-state index contributed by atoms with van der Waals surface area (Å²) in [7, 11) is 0. The maximum Gasteiger partial charge on any atom is 0.303 e. The third kappa shape index (κ3) is 5.89. The van der Waals surface area contributed by atoms with Gasteiger partial charge in [-0.15, -0.1) is 10.2 Å². The van der Waals surface area contributed by atoms with Gasteiger partial charge in [0, 0.05) is 44.4 Å². The second kappa shape index (κ2) is 11.3. The molecule has 11 nitrogen and oxygen atoms in total. The van der Waals surface area contributed by atoms with E-state index >= 15 is 0 Å². The highest BCUT2D eigenvalue weighted by molar-refractivity contribution is 7.99. The fraction of sp³-hybridized carbons (Fsp3) is 0.333. The van der Waals surface area contributed by atoms with Gasteiger partial charge in [0.1, 0.15) is 0 Å². The van der Waals surface area contributed by atoms with E-state index < -0.39 is 41.7 Å². The highest BCUT2D eigenvalue weighted by atomic mass is 32.2. The largest absolute Gasteiger partial charge is 0.456 e. The average Bonchev–Trinajstić information content (AvgIpc) is 3.26. The molecule has 1 aromatic carbocycles. The van der Waals surface area contributed by atoms with Crippen LogP contribution < -0.4 is 0 Å². The molecule has 4 rings (SSSR count). The normalized spacial score (nSPS) is 21.4. The Morgan fingerprint density at radius 1 is 0.889 bits per heavy atom. The summed E-state index contributed by atoms with van der Waals surface area (Å²) in [4.78, 5) is 39.5. The number of aromatic nitrogens is 4. The monoisotopic (exact) mass is 512 g/mol. The van der Waals surface area contributed by atoms with Gasteiger partial charge < -0.3 is 18.9 Å². The van der Waals surface area contributed by atoms with Gasteiger partial charge in [-0.05, 0) is 36.0 Å². The summed E-state index contributed by atoms with van der Waals surface area (Å²) in [6.07, 6.45) is 0.207. The number of ether oxygens (including phenoxy) is 4. The van der Waals surface area contributed by atoms with Crippen molar-refractivity contribution in [3.8, 4) is 17.1 Å². The molecule has 0 radical (unpaired) electrons. The highest BCUT2D eigenvalue weighted by Crippen LogP contribution is 2.36. The lowest BCUT2D eigenvalue weighted by Crippen LogP contribution is -2.56. The molecule has 0 N–H and O–H groups in total. The van der Waals surface area contributed by atoms with Crippen LogP contribution in [0.2, 0.25) is 0 Å². The Labute approximate surface area is 211 Å². The van der Waals surface area contributed by atoms with Gasteiger partial charge in [-0.1, -0.05) is 18.2 Å². The fourth-order valence-corrected chi connectivity index (χ4v) is 4.84. The van der Waals surface area contributed by atoms with E-state index in [0.717, 1.165) is 23.0 Å². The minimum atomic E-state index is -1.08. The number of hydrogen-bond donors (Lipinski definition) is 0. The molecule has 0 unspecified atom stereocenters. The van der Waals surface area contributed by atoms with E-state index in [1.54, 1.807) is 12.4 Å². The van der Waals surface area contributed by atoms with Crippen LogP contribution in [0, 0.1) is 0 Å². The van der Waals surface area contributed by atoms with E-state index in [1.165, 1.54) is 20.8 Å². The van der Waals surface area contributed by atoms with Gasteiger partial charge in [-0.3, -0.25) is 23.9 Å².